The van der Waals surface area contributed by atoms with Crippen molar-refractivity contribution in [3.8, 4) is 0 Å². The Morgan fingerprint density at radius 3 is 2.10 bits per heavy atom. The van der Waals surface area contributed by atoms with E-state index in [1.165, 1.54) is 36.4 Å². The third-order valence-electron chi connectivity index (χ3n) is 2.59. The quantitative estimate of drug-likeness (QED) is 0.867. The van der Waals surface area contributed by atoms with Crippen LogP contribution in [-0.4, -0.2) is 20.6 Å². The van der Waals surface area contributed by atoms with Crippen LogP contribution in [0.1, 0.15) is 20.7 Å². The van der Waals surface area contributed by atoms with E-state index >= 15 is 0 Å². The van der Waals surface area contributed by atoms with Crippen molar-refractivity contribution in [3.05, 3.63) is 65.7 Å². The first-order chi connectivity index (χ1) is 9.53. The lowest BCUT2D eigenvalue weighted by molar-refractivity contribution is 0.0981. The zero-order chi connectivity index (χ0) is 14.6. The van der Waals surface area contributed by atoms with E-state index in [0.29, 0.717) is 11.8 Å². The van der Waals surface area contributed by atoms with Gasteiger partial charge in [0.2, 0.25) is 0 Å². The number of benzene rings is 2. The summed E-state index contributed by atoms with van der Waals surface area (Å²) < 4.78 is 26.0. The highest BCUT2D eigenvalue weighted by atomic mass is 32.2. The molecule has 1 amide bonds. The number of aldehydes is 1. The second kappa shape index (κ2) is 5.66. The highest BCUT2D eigenvalue weighted by Gasteiger charge is 2.18. The monoisotopic (exact) mass is 289 g/mol. The molecule has 2 aromatic rings. The number of hydrogen-bond donors (Lipinski definition) is 1. The number of sulfonamides is 1. The molecule has 0 aromatic heterocycles. The maximum Gasteiger partial charge on any atom is 0.264 e. The Labute approximate surface area is 116 Å². The summed E-state index contributed by atoms with van der Waals surface area (Å²) in [5, 5.41) is 0. The predicted octanol–water partition coefficient (Wildman–Crippen LogP) is 1.62. The standard InChI is InChI=1S/C14H11NO4S/c16-10-11-6-8-13(9-7-11)20(18,19)15-14(17)12-4-2-1-3-5-12/h1-10H,(H,15,17). The van der Waals surface area contributed by atoms with Gasteiger partial charge in [0.05, 0.1) is 4.90 Å². The normalized spacial score (nSPS) is 10.8. The van der Waals surface area contributed by atoms with E-state index in [-0.39, 0.29) is 10.5 Å². The average Bonchev–Trinajstić information content (AvgIpc) is 2.48. The lowest BCUT2D eigenvalue weighted by atomic mass is 10.2. The first-order valence-electron chi connectivity index (χ1n) is 5.70. The van der Waals surface area contributed by atoms with Crippen molar-refractivity contribution in [2.24, 2.45) is 0 Å². The van der Waals surface area contributed by atoms with E-state index < -0.39 is 15.9 Å². The van der Waals surface area contributed by atoms with Crippen molar-refractivity contribution in [2.45, 2.75) is 4.90 Å². The summed E-state index contributed by atoms with van der Waals surface area (Å²) in [6, 6.07) is 13.3. The fraction of sp³-hybridized carbons (Fsp3) is 0. The highest BCUT2D eigenvalue weighted by molar-refractivity contribution is 7.90. The molecule has 0 bridgehead atoms. The van der Waals surface area contributed by atoms with E-state index in [0.717, 1.165) is 0 Å². The molecule has 20 heavy (non-hydrogen) atoms. The number of carbonyl (C=O) groups excluding carboxylic acids is 2. The van der Waals surface area contributed by atoms with Crippen LogP contribution in [0.4, 0.5) is 0 Å². The first kappa shape index (κ1) is 14.0. The zero-order valence-corrected chi connectivity index (χ0v) is 11.1. The average molecular weight is 289 g/mol. The van der Waals surface area contributed by atoms with Crippen LogP contribution in [0.5, 0.6) is 0 Å². The van der Waals surface area contributed by atoms with Crippen molar-refractivity contribution >= 4 is 22.2 Å². The molecular weight excluding hydrogens is 278 g/mol. The van der Waals surface area contributed by atoms with Gasteiger partial charge >= 0.3 is 0 Å². The number of carbonyl (C=O) groups is 2. The van der Waals surface area contributed by atoms with Crippen LogP contribution in [0.15, 0.2) is 59.5 Å². The SMILES string of the molecule is O=Cc1ccc(S(=O)(=O)NC(=O)c2ccccc2)cc1. The summed E-state index contributed by atoms with van der Waals surface area (Å²) in [6.07, 6.45) is 0.610. The molecule has 0 radical (unpaired) electrons. The zero-order valence-electron chi connectivity index (χ0n) is 10.3. The summed E-state index contributed by atoms with van der Waals surface area (Å²) in [6.45, 7) is 0. The molecule has 0 atom stereocenters. The lowest BCUT2D eigenvalue weighted by Crippen LogP contribution is -2.30. The van der Waals surface area contributed by atoms with Crippen LogP contribution in [0.2, 0.25) is 0 Å². The minimum Gasteiger partial charge on any atom is -0.298 e. The largest absolute Gasteiger partial charge is 0.298 e. The summed E-state index contributed by atoms with van der Waals surface area (Å²) in [5.74, 6) is -0.704. The lowest BCUT2D eigenvalue weighted by Gasteiger charge is -2.07. The topological polar surface area (TPSA) is 80.3 Å². The van der Waals surface area contributed by atoms with Gasteiger partial charge < -0.3 is 0 Å². The second-order valence-corrected chi connectivity index (χ2v) is 5.67. The molecular formula is C14H11NO4S. The summed E-state index contributed by atoms with van der Waals surface area (Å²) in [7, 11) is -3.95. The predicted molar refractivity (Wildman–Crippen MR) is 72.9 cm³/mol. The number of amides is 1. The molecule has 0 aliphatic carbocycles. The molecule has 2 aromatic carbocycles. The smallest absolute Gasteiger partial charge is 0.264 e. The number of rotatable bonds is 4. The minimum absolute atomic E-state index is 0.0765. The van der Waals surface area contributed by atoms with E-state index in [4.69, 9.17) is 0 Å². The molecule has 0 saturated carbocycles. The highest BCUT2D eigenvalue weighted by Crippen LogP contribution is 2.10. The Kier molecular flexibility index (Phi) is 3.95. The van der Waals surface area contributed by atoms with E-state index in [2.05, 4.69) is 0 Å². The van der Waals surface area contributed by atoms with Crippen molar-refractivity contribution in [1.82, 2.24) is 4.72 Å². The Morgan fingerprint density at radius 2 is 1.55 bits per heavy atom. The van der Waals surface area contributed by atoms with Gasteiger partial charge in [-0.05, 0) is 24.3 Å². The number of nitrogens with one attached hydrogen (secondary N) is 1. The van der Waals surface area contributed by atoms with Crippen LogP contribution in [0.3, 0.4) is 0 Å². The second-order valence-electron chi connectivity index (χ2n) is 3.99. The fourth-order valence-electron chi connectivity index (χ4n) is 1.55. The fourth-order valence-corrected chi connectivity index (χ4v) is 2.53. The van der Waals surface area contributed by atoms with Crippen molar-refractivity contribution in [1.29, 1.82) is 0 Å². The van der Waals surface area contributed by atoms with E-state index in [9.17, 15) is 18.0 Å². The molecule has 1 N–H and O–H groups in total. The Balaban J connectivity index is 2.22. The maximum atomic E-state index is 12.0. The third-order valence-corrected chi connectivity index (χ3v) is 3.94. The van der Waals surface area contributed by atoms with E-state index in [1.807, 2.05) is 4.72 Å². The number of hydrogen-bond acceptors (Lipinski definition) is 4. The molecule has 0 aliphatic heterocycles. The maximum absolute atomic E-state index is 12.0. The summed E-state index contributed by atoms with van der Waals surface area (Å²) in [5.41, 5.74) is 0.610. The van der Waals surface area contributed by atoms with Gasteiger partial charge in [0.1, 0.15) is 6.29 Å². The minimum atomic E-state index is -3.95. The Hall–Kier alpha value is -2.47. The van der Waals surface area contributed by atoms with Crippen LogP contribution in [-0.2, 0) is 10.0 Å². The molecule has 2 rings (SSSR count). The van der Waals surface area contributed by atoms with Crippen molar-refractivity contribution in [2.75, 3.05) is 0 Å². The molecule has 0 saturated heterocycles. The Morgan fingerprint density at radius 1 is 0.950 bits per heavy atom. The van der Waals surface area contributed by atoms with E-state index in [1.54, 1.807) is 18.2 Å². The molecule has 5 nitrogen and oxygen atoms in total. The van der Waals surface area contributed by atoms with Gasteiger partial charge in [0.25, 0.3) is 15.9 Å². The van der Waals surface area contributed by atoms with Crippen LogP contribution >= 0.6 is 0 Å². The van der Waals surface area contributed by atoms with Gasteiger partial charge in [-0.2, -0.15) is 0 Å². The van der Waals surface area contributed by atoms with Crippen LogP contribution in [0.25, 0.3) is 0 Å². The van der Waals surface area contributed by atoms with Crippen LogP contribution in [0, 0.1) is 0 Å². The molecule has 0 aliphatic rings. The van der Waals surface area contributed by atoms with Crippen molar-refractivity contribution in [3.63, 3.8) is 0 Å². The molecule has 0 heterocycles. The molecule has 0 fully saturated rings. The Bertz CT molecular complexity index is 722. The van der Waals surface area contributed by atoms with Gasteiger partial charge in [-0.15, -0.1) is 0 Å². The van der Waals surface area contributed by atoms with Gasteiger partial charge in [0, 0.05) is 11.1 Å². The summed E-state index contributed by atoms with van der Waals surface area (Å²) in [4.78, 5) is 22.2. The molecule has 0 spiro atoms. The van der Waals surface area contributed by atoms with Gasteiger partial charge in [0.15, 0.2) is 0 Å². The van der Waals surface area contributed by atoms with Gasteiger partial charge in [-0.3, -0.25) is 9.59 Å². The van der Waals surface area contributed by atoms with Gasteiger partial charge in [-0.1, -0.05) is 30.3 Å². The van der Waals surface area contributed by atoms with Crippen molar-refractivity contribution < 1.29 is 18.0 Å². The third kappa shape index (κ3) is 3.10. The van der Waals surface area contributed by atoms with Gasteiger partial charge in [-0.25, -0.2) is 13.1 Å². The summed E-state index contributed by atoms with van der Waals surface area (Å²) >= 11 is 0. The molecule has 0 unspecified atom stereocenters. The van der Waals surface area contributed by atoms with Crippen LogP contribution < -0.4 is 4.72 Å². The molecule has 6 heteroatoms. The molecule has 102 valence electrons. The first-order valence-corrected chi connectivity index (χ1v) is 7.19.